The Morgan fingerprint density at radius 2 is 1.41 bits per heavy atom. The number of aryl methyl sites for hydroxylation is 2. The van der Waals surface area contributed by atoms with Crippen molar-refractivity contribution in [3.8, 4) is 5.75 Å². The normalized spacial score (nSPS) is 35.4. The number of hydrogen-bond donors (Lipinski definition) is 3. The van der Waals surface area contributed by atoms with Crippen LogP contribution in [0.25, 0.3) is 0 Å². The number of benzene rings is 1. The van der Waals surface area contributed by atoms with E-state index in [0.29, 0.717) is 24.0 Å². The summed E-state index contributed by atoms with van der Waals surface area (Å²) in [7, 11) is 0. The molecule has 3 fully saturated rings. The number of fused-ring (bicyclic) bond motifs is 4. The second kappa shape index (κ2) is 6.02. The van der Waals surface area contributed by atoms with Gasteiger partial charge in [0.05, 0.1) is 23.7 Å². The third-order valence-corrected chi connectivity index (χ3v) is 7.21. The summed E-state index contributed by atoms with van der Waals surface area (Å²) in [6.07, 6.45) is 2.84. The number of phenols is 1. The van der Waals surface area contributed by atoms with Gasteiger partial charge in [-0.15, -0.1) is 0 Å². The standard InChI is InChI=1S/C22H22N2O5/c1-8-5-10(6-9(2)18(8)25)15-11-3-4-12-16(21(28)23-19(12)26)13(11)7-14-17(15)22(29)24-20(14)27/h3,5-6,12-17,25H,4,7H2,1-2H3,(H,23,26,28)(H,24,27,29). The lowest BCUT2D eigenvalue weighted by atomic mass is 9.57. The van der Waals surface area contributed by atoms with Crippen LogP contribution in [0.15, 0.2) is 23.8 Å². The Morgan fingerprint density at radius 3 is 2.07 bits per heavy atom. The molecule has 2 aliphatic carbocycles. The fourth-order valence-electron chi connectivity index (χ4n) is 5.95. The minimum atomic E-state index is -0.537. The van der Waals surface area contributed by atoms with Gasteiger partial charge >= 0.3 is 0 Å². The number of carbonyl (C=O) groups is 4. The van der Waals surface area contributed by atoms with Crippen molar-refractivity contribution < 1.29 is 24.3 Å². The lowest BCUT2D eigenvalue weighted by molar-refractivity contribution is -0.128. The quantitative estimate of drug-likeness (QED) is 0.490. The van der Waals surface area contributed by atoms with Crippen molar-refractivity contribution >= 4 is 23.6 Å². The molecule has 1 aromatic rings. The number of phenolic OH excluding ortho intramolecular Hbond substituents is 1. The number of amides is 4. The number of imide groups is 2. The average molecular weight is 394 g/mol. The summed E-state index contributed by atoms with van der Waals surface area (Å²) < 4.78 is 0. The Morgan fingerprint density at radius 1 is 0.828 bits per heavy atom. The first-order chi connectivity index (χ1) is 13.8. The molecule has 7 nitrogen and oxygen atoms in total. The second-order valence-electron chi connectivity index (χ2n) is 8.73. The van der Waals surface area contributed by atoms with Crippen LogP contribution >= 0.6 is 0 Å². The highest BCUT2D eigenvalue weighted by molar-refractivity contribution is 6.07. The molecule has 6 unspecified atom stereocenters. The maximum Gasteiger partial charge on any atom is 0.231 e. The van der Waals surface area contributed by atoms with E-state index in [1.807, 2.05) is 18.2 Å². The van der Waals surface area contributed by atoms with E-state index in [-0.39, 0.29) is 41.2 Å². The van der Waals surface area contributed by atoms with Crippen molar-refractivity contribution in [1.29, 1.82) is 0 Å². The van der Waals surface area contributed by atoms with Crippen LogP contribution in [0.4, 0.5) is 0 Å². The minimum absolute atomic E-state index is 0.211. The highest BCUT2D eigenvalue weighted by Gasteiger charge is 2.58. The van der Waals surface area contributed by atoms with Gasteiger partial charge < -0.3 is 5.11 Å². The van der Waals surface area contributed by atoms with E-state index in [1.165, 1.54) is 0 Å². The number of aromatic hydroxyl groups is 1. The van der Waals surface area contributed by atoms with Crippen molar-refractivity contribution in [2.75, 3.05) is 0 Å². The molecule has 3 N–H and O–H groups in total. The van der Waals surface area contributed by atoms with Crippen LogP contribution in [0.5, 0.6) is 5.75 Å². The molecule has 0 aromatic heterocycles. The van der Waals surface area contributed by atoms with Crippen LogP contribution in [-0.2, 0) is 19.2 Å². The van der Waals surface area contributed by atoms with Crippen LogP contribution in [0.1, 0.15) is 35.4 Å². The van der Waals surface area contributed by atoms with Crippen molar-refractivity contribution in [3.63, 3.8) is 0 Å². The zero-order valence-electron chi connectivity index (χ0n) is 16.2. The van der Waals surface area contributed by atoms with Crippen molar-refractivity contribution in [3.05, 3.63) is 40.5 Å². The molecule has 4 aliphatic rings. The molecule has 0 spiro atoms. The number of nitrogens with one attached hydrogen (secondary N) is 2. The smallest absolute Gasteiger partial charge is 0.231 e. The average Bonchev–Trinajstić information content (AvgIpc) is 3.12. The third kappa shape index (κ3) is 2.42. The Kier molecular flexibility index (Phi) is 3.75. The first-order valence-electron chi connectivity index (χ1n) is 9.97. The van der Waals surface area contributed by atoms with E-state index in [1.54, 1.807) is 13.8 Å². The minimum Gasteiger partial charge on any atom is -0.507 e. The molecule has 2 saturated heterocycles. The molecular weight excluding hydrogens is 372 g/mol. The molecular formula is C22H22N2O5. The van der Waals surface area contributed by atoms with Gasteiger partial charge in [0.1, 0.15) is 5.75 Å². The molecule has 0 radical (unpaired) electrons. The van der Waals surface area contributed by atoms with E-state index in [4.69, 9.17) is 0 Å². The van der Waals surface area contributed by atoms with Crippen LogP contribution in [0.2, 0.25) is 0 Å². The summed E-state index contributed by atoms with van der Waals surface area (Å²) in [5.74, 6) is -3.48. The number of allylic oxidation sites excluding steroid dienone is 2. The highest BCUT2D eigenvalue weighted by atomic mass is 16.3. The summed E-state index contributed by atoms with van der Waals surface area (Å²) in [6.45, 7) is 3.61. The van der Waals surface area contributed by atoms with Gasteiger partial charge in [-0.25, -0.2) is 0 Å². The lowest BCUT2D eigenvalue weighted by Gasteiger charge is -2.44. The molecule has 7 heteroatoms. The van der Waals surface area contributed by atoms with Gasteiger partial charge in [-0.2, -0.15) is 0 Å². The molecule has 1 saturated carbocycles. The van der Waals surface area contributed by atoms with Crippen molar-refractivity contribution in [2.24, 2.45) is 29.6 Å². The molecule has 150 valence electrons. The van der Waals surface area contributed by atoms with Crippen LogP contribution < -0.4 is 10.6 Å². The zero-order chi connectivity index (χ0) is 20.6. The number of rotatable bonds is 1. The van der Waals surface area contributed by atoms with E-state index in [2.05, 4.69) is 10.6 Å². The first-order valence-corrected chi connectivity index (χ1v) is 9.97. The second-order valence-corrected chi connectivity index (χ2v) is 8.73. The third-order valence-electron chi connectivity index (χ3n) is 7.21. The van der Waals surface area contributed by atoms with E-state index in [9.17, 15) is 24.3 Å². The van der Waals surface area contributed by atoms with Gasteiger partial charge in [0.25, 0.3) is 0 Å². The highest BCUT2D eigenvalue weighted by Crippen LogP contribution is 2.56. The maximum absolute atomic E-state index is 12.7. The summed E-state index contributed by atoms with van der Waals surface area (Å²) >= 11 is 0. The van der Waals surface area contributed by atoms with Gasteiger partial charge in [0, 0.05) is 5.92 Å². The molecule has 2 aliphatic heterocycles. The van der Waals surface area contributed by atoms with E-state index >= 15 is 0 Å². The molecule has 2 heterocycles. The van der Waals surface area contributed by atoms with Gasteiger partial charge in [-0.3, -0.25) is 29.8 Å². The molecule has 4 amide bonds. The monoisotopic (exact) mass is 394 g/mol. The van der Waals surface area contributed by atoms with Crippen LogP contribution in [0.3, 0.4) is 0 Å². The topological polar surface area (TPSA) is 113 Å². The van der Waals surface area contributed by atoms with Gasteiger partial charge in [-0.1, -0.05) is 23.8 Å². The Balaban J connectivity index is 1.68. The van der Waals surface area contributed by atoms with Gasteiger partial charge in [-0.05, 0) is 49.3 Å². The first kappa shape index (κ1) is 18.1. The summed E-state index contributed by atoms with van der Waals surface area (Å²) in [5.41, 5.74) is 3.22. The van der Waals surface area contributed by atoms with E-state index in [0.717, 1.165) is 11.1 Å². The number of carbonyl (C=O) groups excluding carboxylic acids is 4. The zero-order valence-corrected chi connectivity index (χ0v) is 16.2. The van der Waals surface area contributed by atoms with Crippen molar-refractivity contribution in [1.82, 2.24) is 10.6 Å². The Labute approximate surface area is 167 Å². The molecule has 1 aromatic carbocycles. The maximum atomic E-state index is 12.7. The van der Waals surface area contributed by atoms with E-state index < -0.39 is 23.7 Å². The fraction of sp³-hybridized carbons (Fsp3) is 0.455. The molecule has 29 heavy (non-hydrogen) atoms. The molecule has 0 bridgehead atoms. The lowest BCUT2D eigenvalue weighted by Crippen LogP contribution is -2.42. The largest absolute Gasteiger partial charge is 0.507 e. The SMILES string of the molecule is Cc1cc(C2C3=CCC4C(=O)NC(=O)C4C3CC3C(=O)NC(=O)C32)cc(C)c1O. The summed E-state index contributed by atoms with van der Waals surface area (Å²) in [4.78, 5) is 50.0. The predicted octanol–water partition coefficient (Wildman–Crippen LogP) is 1.22. The van der Waals surface area contributed by atoms with Gasteiger partial charge in [0.15, 0.2) is 0 Å². The van der Waals surface area contributed by atoms with Gasteiger partial charge in [0.2, 0.25) is 23.6 Å². The van der Waals surface area contributed by atoms with Crippen molar-refractivity contribution in [2.45, 2.75) is 32.6 Å². The predicted molar refractivity (Wildman–Crippen MR) is 101 cm³/mol. The summed E-state index contributed by atoms with van der Waals surface area (Å²) in [6, 6.07) is 3.71. The fourth-order valence-corrected chi connectivity index (χ4v) is 5.95. The summed E-state index contributed by atoms with van der Waals surface area (Å²) in [5, 5.41) is 15.1. The molecule has 6 atom stereocenters. The Bertz CT molecular complexity index is 1000. The number of hydrogen-bond acceptors (Lipinski definition) is 5. The van der Waals surface area contributed by atoms with Crippen LogP contribution in [0, 0.1) is 43.4 Å². The van der Waals surface area contributed by atoms with Crippen LogP contribution in [-0.4, -0.2) is 28.7 Å². The molecule has 5 rings (SSSR count). The Hall–Kier alpha value is -2.96.